The number of rotatable bonds is 6. The molecule has 2 aromatic carbocycles. The van der Waals surface area contributed by atoms with Crippen molar-refractivity contribution in [2.24, 2.45) is 0 Å². The van der Waals surface area contributed by atoms with Crippen LogP contribution in [0.1, 0.15) is 23.6 Å². The van der Waals surface area contributed by atoms with Crippen LogP contribution < -0.4 is 9.47 Å². The number of likely N-dealkylation sites (N-methyl/N-ethyl adjacent to an activating group) is 1. The van der Waals surface area contributed by atoms with Crippen LogP contribution in [0, 0.1) is 6.92 Å². The smallest absolute Gasteiger partial charge is 0.265 e. The van der Waals surface area contributed by atoms with E-state index in [1.54, 1.807) is 19.2 Å². The highest BCUT2D eigenvalue weighted by Gasteiger charge is 2.28. The summed E-state index contributed by atoms with van der Waals surface area (Å²) < 4.78 is 12.3. The molecule has 28 heavy (non-hydrogen) atoms. The van der Waals surface area contributed by atoms with E-state index in [0.717, 1.165) is 16.7 Å². The molecule has 3 rings (SSSR count). The summed E-state index contributed by atoms with van der Waals surface area (Å²) >= 11 is 12.9. The van der Waals surface area contributed by atoms with E-state index in [4.69, 9.17) is 33.3 Å². The monoisotopic (exact) mass is 433 g/mol. The molecule has 0 aliphatic carbocycles. The molecule has 7 heteroatoms. The van der Waals surface area contributed by atoms with Crippen molar-refractivity contribution >= 4 is 51.9 Å². The zero-order valence-corrected chi connectivity index (χ0v) is 18.2. The van der Waals surface area contributed by atoms with Gasteiger partial charge in [0.15, 0.2) is 11.5 Å². The highest BCUT2D eigenvalue weighted by molar-refractivity contribution is 8.26. The van der Waals surface area contributed by atoms with Crippen molar-refractivity contribution in [2.45, 2.75) is 20.5 Å². The van der Waals surface area contributed by atoms with E-state index in [1.807, 2.05) is 44.2 Å². The quantitative estimate of drug-likeness (QED) is 0.447. The third-order valence-corrected chi connectivity index (χ3v) is 6.01. The van der Waals surface area contributed by atoms with E-state index in [0.29, 0.717) is 39.0 Å². The first kappa shape index (κ1) is 20.7. The van der Waals surface area contributed by atoms with E-state index in [9.17, 15) is 4.79 Å². The molecule has 0 spiro atoms. The molecule has 2 aromatic rings. The SMILES string of the molecule is CCOc1cc(C=C2SC(=S)N(C)C2=O)cc(Cl)c1OCc1ccccc1C. The van der Waals surface area contributed by atoms with Gasteiger partial charge in [0.25, 0.3) is 5.91 Å². The Morgan fingerprint density at radius 2 is 2.00 bits per heavy atom. The van der Waals surface area contributed by atoms with Gasteiger partial charge in [0.2, 0.25) is 0 Å². The lowest BCUT2D eigenvalue weighted by Crippen LogP contribution is -2.22. The molecule has 1 amide bonds. The molecular formula is C21H20ClNO3S2. The molecule has 0 radical (unpaired) electrons. The Kier molecular flexibility index (Phi) is 6.65. The minimum Gasteiger partial charge on any atom is -0.490 e. The maximum absolute atomic E-state index is 12.2. The molecule has 4 nitrogen and oxygen atoms in total. The van der Waals surface area contributed by atoms with Crippen LogP contribution >= 0.6 is 35.6 Å². The maximum Gasteiger partial charge on any atom is 0.265 e. The number of carbonyl (C=O) groups excluding carboxylic acids is 1. The number of ether oxygens (including phenoxy) is 2. The Morgan fingerprint density at radius 3 is 2.64 bits per heavy atom. The van der Waals surface area contributed by atoms with Gasteiger partial charge in [-0.05, 0) is 48.7 Å². The van der Waals surface area contributed by atoms with Gasteiger partial charge in [0.05, 0.1) is 16.5 Å². The number of carbonyl (C=O) groups is 1. The predicted molar refractivity (Wildman–Crippen MR) is 119 cm³/mol. The van der Waals surface area contributed by atoms with Crippen molar-refractivity contribution in [1.82, 2.24) is 4.90 Å². The fourth-order valence-electron chi connectivity index (χ4n) is 2.69. The largest absolute Gasteiger partial charge is 0.490 e. The molecule has 0 N–H and O–H groups in total. The molecule has 1 saturated heterocycles. The fraction of sp³-hybridized carbons (Fsp3) is 0.238. The number of amides is 1. The summed E-state index contributed by atoms with van der Waals surface area (Å²) in [5.74, 6) is 0.915. The topological polar surface area (TPSA) is 38.8 Å². The number of nitrogens with zero attached hydrogens (tertiary/aromatic N) is 1. The van der Waals surface area contributed by atoms with Crippen LogP contribution in [0.15, 0.2) is 41.3 Å². The number of thioether (sulfide) groups is 1. The first-order valence-corrected chi connectivity index (χ1v) is 10.4. The number of thiocarbonyl (C=S) groups is 1. The van der Waals surface area contributed by atoms with E-state index in [-0.39, 0.29) is 5.91 Å². The van der Waals surface area contributed by atoms with Crippen LogP contribution in [-0.4, -0.2) is 28.8 Å². The van der Waals surface area contributed by atoms with Crippen molar-refractivity contribution in [3.8, 4) is 11.5 Å². The van der Waals surface area contributed by atoms with Gasteiger partial charge in [-0.2, -0.15) is 0 Å². The van der Waals surface area contributed by atoms with Gasteiger partial charge < -0.3 is 9.47 Å². The lowest BCUT2D eigenvalue weighted by Gasteiger charge is -2.15. The van der Waals surface area contributed by atoms with Crippen LogP contribution in [0.4, 0.5) is 0 Å². The first-order valence-electron chi connectivity index (χ1n) is 8.76. The number of benzene rings is 2. The number of hydrogen-bond donors (Lipinski definition) is 0. The van der Waals surface area contributed by atoms with E-state index in [1.165, 1.54) is 16.7 Å². The van der Waals surface area contributed by atoms with E-state index < -0.39 is 0 Å². The van der Waals surface area contributed by atoms with Crippen molar-refractivity contribution in [1.29, 1.82) is 0 Å². The lowest BCUT2D eigenvalue weighted by atomic mass is 10.1. The van der Waals surface area contributed by atoms with Gasteiger partial charge in [0.1, 0.15) is 10.9 Å². The third-order valence-electron chi connectivity index (χ3n) is 4.25. The molecule has 0 bridgehead atoms. The van der Waals surface area contributed by atoms with Crippen LogP contribution in [0.3, 0.4) is 0 Å². The van der Waals surface area contributed by atoms with Gasteiger partial charge in [-0.1, -0.05) is 59.8 Å². The summed E-state index contributed by atoms with van der Waals surface area (Å²) in [5, 5.41) is 0.428. The zero-order chi connectivity index (χ0) is 20.3. The predicted octanol–water partition coefficient (Wildman–Crippen LogP) is 5.46. The highest BCUT2D eigenvalue weighted by Crippen LogP contribution is 2.39. The molecule has 0 atom stereocenters. The van der Waals surface area contributed by atoms with Gasteiger partial charge >= 0.3 is 0 Å². The summed E-state index contributed by atoms with van der Waals surface area (Å²) in [5.41, 5.74) is 2.98. The maximum atomic E-state index is 12.2. The molecule has 146 valence electrons. The molecule has 1 aliphatic heterocycles. The standard InChI is InChI=1S/C21H20ClNO3S2/c1-4-25-17-10-14(11-18-20(24)23(3)21(27)28-18)9-16(22)19(17)26-12-15-8-6-5-7-13(15)2/h5-11H,4,12H2,1-3H3. The molecule has 1 heterocycles. The summed E-state index contributed by atoms with van der Waals surface area (Å²) in [6.45, 7) is 4.79. The molecule has 0 unspecified atom stereocenters. The average Bonchev–Trinajstić information content (AvgIpc) is 2.89. The van der Waals surface area contributed by atoms with Crippen LogP contribution in [-0.2, 0) is 11.4 Å². The molecule has 1 fully saturated rings. The molecule has 0 aromatic heterocycles. The van der Waals surface area contributed by atoms with Crippen molar-refractivity contribution in [3.63, 3.8) is 0 Å². The Hall–Kier alpha value is -2.02. The summed E-state index contributed by atoms with van der Waals surface area (Å²) in [6, 6.07) is 11.6. The van der Waals surface area contributed by atoms with Crippen LogP contribution in [0.25, 0.3) is 6.08 Å². The minimum absolute atomic E-state index is 0.121. The fourth-order valence-corrected chi connectivity index (χ4v) is 4.15. The average molecular weight is 434 g/mol. The second-order valence-corrected chi connectivity index (χ2v) is 8.30. The second kappa shape index (κ2) is 8.99. The molecule has 0 saturated carbocycles. The van der Waals surface area contributed by atoms with Gasteiger partial charge in [0, 0.05) is 7.05 Å². The third kappa shape index (κ3) is 4.51. The Morgan fingerprint density at radius 1 is 1.25 bits per heavy atom. The molecular weight excluding hydrogens is 414 g/mol. The van der Waals surface area contributed by atoms with Crippen molar-refractivity contribution in [3.05, 3.63) is 63.0 Å². The van der Waals surface area contributed by atoms with E-state index in [2.05, 4.69) is 0 Å². The number of aryl methyl sites for hydroxylation is 1. The summed E-state index contributed by atoms with van der Waals surface area (Å²) in [6.07, 6.45) is 1.77. The Bertz CT molecular complexity index is 959. The Balaban J connectivity index is 1.89. The molecule has 1 aliphatic rings. The van der Waals surface area contributed by atoms with Gasteiger partial charge in [-0.15, -0.1) is 0 Å². The van der Waals surface area contributed by atoms with Crippen LogP contribution in [0.2, 0.25) is 5.02 Å². The summed E-state index contributed by atoms with van der Waals surface area (Å²) in [4.78, 5) is 14.2. The van der Waals surface area contributed by atoms with Gasteiger partial charge in [-0.25, -0.2) is 0 Å². The van der Waals surface area contributed by atoms with E-state index >= 15 is 0 Å². The van der Waals surface area contributed by atoms with Gasteiger partial charge in [-0.3, -0.25) is 9.69 Å². The zero-order valence-electron chi connectivity index (χ0n) is 15.8. The summed E-state index contributed by atoms with van der Waals surface area (Å²) in [7, 11) is 1.67. The lowest BCUT2D eigenvalue weighted by molar-refractivity contribution is -0.121. The normalized spacial score (nSPS) is 15.4. The van der Waals surface area contributed by atoms with Crippen molar-refractivity contribution < 1.29 is 14.3 Å². The highest BCUT2D eigenvalue weighted by atomic mass is 35.5. The number of halogens is 1. The van der Waals surface area contributed by atoms with Crippen LogP contribution in [0.5, 0.6) is 11.5 Å². The Labute approximate surface area is 179 Å². The second-order valence-electron chi connectivity index (χ2n) is 6.22. The first-order chi connectivity index (χ1) is 13.4. The number of hydrogen-bond acceptors (Lipinski definition) is 5. The van der Waals surface area contributed by atoms with Crippen molar-refractivity contribution in [2.75, 3.05) is 13.7 Å². The minimum atomic E-state index is -0.121.